The van der Waals surface area contributed by atoms with E-state index < -0.39 is 10.0 Å². The molecule has 28 heavy (non-hydrogen) atoms. The second kappa shape index (κ2) is 6.77. The largest absolute Gasteiger partial charge is 0.493 e. The van der Waals surface area contributed by atoms with Crippen molar-refractivity contribution in [3.05, 3.63) is 54.5 Å². The number of imidazole rings is 1. The van der Waals surface area contributed by atoms with E-state index in [9.17, 15) is 8.42 Å². The van der Waals surface area contributed by atoms with E-state index in [0.29, 0.717) is 17.1 Å². The van der Waals surface area contributed by atoms with E-state index in [4.69, 9.17) is 14.6 Å². The second-order valence-electron chi connectivity index (χ2n) is 6.30. The molecule has 0 atom stereocenters. The zero-order valence-electron chi connectivity index (χ0n) is 15.3. The Kier molecular flexibility index (Phi) is 4.40. The first-order valence-electron chi connectivity index (χ1n) is 8.37. The summed E-state index contributed by atoms with van der Waals surface area (Å²) >= 11 is 0. The number of aromatic nitrogens is 3. The highest BCUT2D eigenvalue weighted by molar-refractivity contribution is 7.88. The fourth-order valence-corrected chi connectivity index (χ4v) is 3.86. The Bertz CT molecular complexity index is 1280. The molecule has 0 unspecified atom stereocenters. The molecule has 0 aliphatic rings. The van der Waals surface area contributed by atoms with Crippen LogP contribution in [-0.4, -0.2) is 37.2 Å². The van der Waals surface area contributed by atoms with Gasteiger partial charge in [0.1, 0.15) is 11.8 Å². The van der Waals surface area contributed by atoms with Crippen LogP contribution in [-0.2, 0) is 15.8 Å². The van der Waals surface area contributed by atoms with E-state index in [1.54, 1.807) is 38.9 Å². The van der Waals surface area contributed by atoms with Crippen LogP contribution in [0, 0.1) is 0 Å². The topological polar surface area (TPSA) is 109 Å². The molecule has 0 radical (unpaired) electrons. The molecule has 0 amide bonds. The van der Waals surface area contributed by atoms with Gasteiger partial charge < -0.3 is 9.47 Å². The van der Waals surface area contributed by atoms with Gasteiger partial charge in [-0.3, -0.25) is 9.55 Å². The lowest BCUT2D eigenvalue weighted by atomic mass is 10.1. The smallest absolute Gasteiger partial charge is 0.213 e. The van der Waals surface area contributed by atoms with E-state index in [2.05, 4.69) is 9.97 Å². The molecular weight excluding hydrogens is 380 g/mol. The normalized spacial score (nSPS) is 11.8. The summed E-state index contributed by atoms with van der Waals surface area (Å²) in [4.78, 5) is 8.90. The van der Waals surface area contributed by atoms with Gasteiger partial charge in [0, 0.05) is 17.1 Å². The number of hydrogen-bond donors (Lipinski definition) is 1. The fraction of sp³-hybridized carbons (Fsp3) is 0.158. The number of methoxy groups -OCH3 is 2. The van der Waals surface area contributed by atoms with Gasteiger partial charge in [-0.2, -0.15) is 0 Å². The highest BCUT2D eigenvalue weighted by Gasteiger charge is 2.14. The highest BCUT2D eigenvalue weighted by atomic mass is 32.2. The monoisotopic (exact) mass is 398 g/mol. The van der Waals surface area contributed by atoms with Gasteiger partial charge in [-0.25, -0.2) is 18.5 Å². The summed E-state index contributed by atoms with van der Waals surface area (Å²) in [7, 11) is -0.414. The molecule has 2 heterocycles. The lowest BCUT2D eigenvalue weighted by Gasteiger charge is -2.11. The summed E-state index contributed by atoms with van der Waals surface area (Å²) in [6.07, 6.45) is 3.41. The van der Waals surface area contributed by atoms with Crippen LogP contribution in [0.2, 0.25) is 0 Å². The number of ether oxygens (including phenoxy) is 2. The van der Waals surface area contributed by atoms with Crippen molar-refractivity contribution in [3.63, 3.8) is 0 Å². The summed E-state index contributed by atoms with van der Waals surface area (Å²) in [5.74, 6) is 0.989. The molecule has 2 aromatic carbocycles. The van der Waals surface area contributed by atoms with Crippen LogP contribution in [0.1, 0.15) is 5.56 Å². The fourth-order valence-electron chi connectivity index (χ4n) is 3.20. The van der Waals surface area contributed by atoms with Gasteiger partial charge >= 0.3 is 0 Å². The van der Waals surface area contributed by atoms with Gasteiger partial charge in [-0.1, -0.05) is 12.1 Å². The zero-order chi connectivity index (χ0) is 19.9. The van der Waals surface area contributed by atoms with Crippen LogP contribution in [0.15, 0.2) is 48.9 Å². The number of sulfonamides is 1. The Morgan fingerprint density at radius 2 is 1.68 bits per heavy atom. The lowest BCUT2D eigenvalue weighted by molar-refractivity contribution is 0.356. The first kappa shape index (κ1) is 18.2. The van der Waals surface area contributed by atoms with Crippen LogP contribution in [0.25, 0.3) is 27.6 Å². The molecule has 0 fully saturated rings. The molecule has 0 saturated heterocycles. The maximum atomic E-state index is 11.3. The molecule has 8 nitrogen and oxygen atoms in total. The average Bonchev–Trinajstić information content (AvgIpc) is 3.10. The minimum Gasteiger partial charge on any atom is -0.493 e. The maximum Gasteiger partial charge on any atom is 0.213 e. The number of fused-ring (bicyclic) bond motifs is 3. The predicted octanol–water partition coefficient (Wildman–Crippen LogP) is 2.38. The van der Waals surface area contributed by atoms with Gasteiger partial charge in [0.25, 0.3) is 0 Å². The minimum absolute atomic E-state index is 0.207. The lowest BCUT2D eigenvalue weighted by Crippen LogP contribution is -2.14. The molecule has 4 rings (SSSR count). The van der Waals surface area contributed by atoms with Gasteiger partial charge in [0.2, 0.25) is 10.0 Å². The number of primary sulfonamides is 1. The van der Waals surface area contributed by atoms with Crippen LogP contribution >= 0.6 is 0 Å². The third-order valence-electron chi connectivity index (χ3n) is 4.46. The minimum atomic E-state index is -3.57. The van der Waals surface area contributed by atoms with Gasteiger partial charge in [0.05, 0.1) is 37.2 Å². The summed E-state index contributed by atoms with van der Waals surface area (Å²) in [6, 6.07) is 10.8. The Morgan fingerprint density at radius 3 is 2.32 bits per heavy atom. The SMILES string of the molecule is COc1cc2ncc3ncn(-c4ccc(CS(N)(=O)=O)cc4)c3c2cc1OC. The number of pyridine rings is 1. The Morgan fingerprint density at radius 1 is 1.00 bits per heavy atom. The molecule has 0 aliphatic carbocycles. The third kappa shape index (κ3) is 3.25. The first-order valence-corrected chi connectivity index (χ1v) is 10.1. The van der Waals surface area contributed by atoms with Crippen molar-refractivity contribution in [2.24, 2.45) is 5.14 Å². The number of rotatable bonds is 5. The predicted molar refractivity (Wildman–Crippen MR) is 106 cm³/mol. The van der Waals surface area contributed by atoms with Crippen LogP contribution in [0.5, 0.6) is 11.5 Å². The maximum absolute atomic E-state index is 11.3. The molecule has 2 N–H and O–H groups in total. The molecule has 144 valence electrons. The van der Waals surface area contributed by atoms with Gasteiger partial charge in [0.15, 0.2) is 11.5 Å². The van der Waals surface area contributed by atoms with Crippen molar-refractivity contribution in [3.8, 4) is 17.2 Å². The van der Waals surface area contributed by atoms with Crippen molar-refractivity contribution < 1.29 is 17.9 Å². The number of nitrogens with zero attached hydrogens (tertiary/aromatic N) is 3. The van der Waals surface area contributed by atoms with E-state index in [-0.39, 0.29) is 5.75 Å². The quantitative estimate of drug-likeness (QED) is 0.553. The Labute approximate surface area is 161 Å². The summed E-state index contributed by atoms with van der Waals surface area (Å²) in [5, 5.41) is 5.98. The number of benzene rings is 2. The highest BCUT2D eigenvalue weighted by Crippen LogP contribution is 2.35. The Balaban J connectivity index is 1.89. The number of hydrogen-bond acceptors (Lipinski definition) is 6. The molecular formula is C19H18N4O4S. The van der Waals surface area contributed by atoms with Crippen molar-refractivity contribution >= 4 is 32.0 Å². The molecule has 0 spiro atoms. The third-order valence-corrected chi connectivity index (χ3v) is 5.20. The summed E-state index contributed by atoms with van der Waals surface area (Å²) < 4.78 is 35.3. The van der Waals surface area contributed by atoms with E-state index in [1.165, 1.54) is 0 Å². The zero-order valence-corrected chi connectivity index (χ0v) is 16.1. The number of nitrogens with two attached hydrogens (primary N) is 1. The van der Waals surface area contributed by atoms with Crippen LogP contribution in [0.3, 0.4) is 0 Å². The second-order valence-corrected chi connectivity index (χ2v) is 7.92. The van der Waals surface area contributed by atoms with Crippen molar-refractivity contribution in [1.29, 1.82) is 0 Å². The molecule has 0 saturated carbocycles. The van der Waals surface area contributed by atoms with Gasteiger partial charge in [-0.05, 0) is 23.8 Å². The van der Waals surface area contributed by atoms with E-state index in [0.717, 1.165) is 27.6 Å². The summed E-state index contributed by atoms with van der Waals surface area (Å²) in [5.41, 5.74) is 3.80. The average molecular weight is 398 g/mol. The van der Waals surface area contributed by atoms with Crippen LogP contribution in [0.4, 0.5) is 0 Å². The van der Waals surface area contributed by atoms with Gasteiger partial charge in [-0.15, -0.1) is 0 Å². The van der Waals surface area contributed by atoms with Crippen molar-refractivity contribution in [1.82, 2.24) is 14.5 Å². The standard InChI is InChI=1S/C19H18N4O4S/c1-26-17-7-14-15(8-18(17)27-2)21-9-16-19(14)23(11-22-16)13-5-3-12(4-6-13)10-28(20,24)25/h3-9,11H,10H2,1-2H3,(H2,20,24,25). The molecule has 2 aromatic heterocycles. The Hall–Kier alpha value is -3.17. The first-order chi connectivity index (χ1) is 13.4. The van der Waals surface area contributed by atoms with Crippen LogP contribution < -0.4 is 14.6 Å². The van der Waals surface area contributed by atoms with Crippen molar-refractivity contribution in [2.75, 3.05) is 14.2 Å². The molecule has 0 bridgehead atoms. The van der Waals surface area contributed by atoms with E-state index >= 15 is 0 Å². The molecule has 9 heteroatoms. The molecule has 0 aliphatic heterocycles. The summed E-state index contributed by atoms with van der Waals surface area (Å²) in [6.45, 7) is 0. The van der Waals surface area contributed by atoms with Crippen molar-refractivity contribution in [2.45, 2.75) is 5.75 Å². The van der Waals surface area contributed by atoms with E-state index in [1.807, 2.05) is 28.8 Å². The molecule has 4 aromatic rings.